The second kappa shape index (κ2) is 5.13. The van der Waals surface area contributed by atoms with Gasteiger partial charge in [-0.05, 0) is 25.2 Å². The number of hydrogen-bond acceptors (Lipinski definition) is 2. The van der Waals surface area contributed by atoms with Crippen LogP contribution in [-0.2, 0) is 4.74 Å². The van der Waals surface area contributed by atoms with Gasteiger partial charge in [-0.15, -0.1) is 0 Å². The molecule has 1 atom stereocenters. The van der Waals surface area contributed by atoms with Gasteiger partial charge in [-0.3, -0.25) is 0 Å². The Hall–Kier alpha value is -0.0800. The SMILES string of the molecule is CCC(O)(CC)C(CC)(OC)C(C)C. The quantitative estimate of drug-likeness (QED) is 0.717. The summed E-state index contributed by atoms with van der Waals surface area (Å²) in [5.41, 5.74) is -1.11. The summed E-state index contributed by atoms with van der Waals surface area (Å²) in [5, 5.41) is 10.6. The Labute approximate surface area is 88.7 Å². The largest absolute Gasteiger partial charge is 0.387 e. The van der Waals surface area contributed by atoms with E-state index in [0.29, 0.717) is 5.92 Å². The molecule has 86 valence electrons. The summed E-state index contributed by atoms with van der Waals surface area (Å²) in [7, 11) is 1.71. The van der Waals surface area contributed by atoms with Gasteiger partial charge in [0.2, 0.25) is 0 Å². The van der Waals surface area contributed by atoms with Crippen LogP contribution in [0.1, 0.15) is 53.9 Å². The molecule has 0 saturated carbocycles. The van der Waals surface area contributed by atoms with Crippen molar-refractivity contribution in [2.75, 3.05) is 7.11 Å². The summed E-state index contributed by atoms with van der Waals surface area (Å²) in [6, 6.07) is 0. The first kappa shape index (κ1) is 13.9. The van der Waals surface area contributed by atoms with Gasteiger partial charge in [0.1, 0.15) is 0 Å². The summed E-state index contributed by atoms with van der Waals surface area (Å²) in [5.74, 6) is 0.322. The Morgan fingerprint density at radius 3 is 1.57 bits per heavy atom. The molecule has 0 aromatic heterocycles. The molecule has 0 heterocycles. The lowest BCUT2D eigenvalue weighted by molar-refractivity contribution is -0.198. The molecule has 0 fully saturated rings. The van der Waals surface area contributed by atoms with E-state index in [2.05, 4.69) is 20.8 Å². The maximum atomic E-state index is 10.6. The van der Waals surface area contributed by atoms with Crippen LogP contribution in [0.25, 0.3) is 0 Å². The summed E-state index contributed by atoms with van der Waals surface area (Å²) >= 11 is 0. The van der Waals surface area contributed by atoms with Gasteiger partial charge in [0, 0.05) is 7.11 Å². The highest BCUT2D eigenvalue weighted by molar-refractivity contribution is 5.00. The fourth-order valence-corrected chi connectivity index (χ4v) is 2.69. The number of rotatable bonds is 6. The zero-order chi connectivity index (χ0) is 11.4. The maximum Gasteiger partial charge on any atom is 0.0984 e. The van der Waals surface area contributed by atoms with Gasteiger partial charge >= 0.3 is 0 Å². The van der Waals surface area contributed by atoms with Crippen molar-refractivity contribution in [2.45, 2.75) is 65.1 Å². The van der Waals surface area contributed by atoms with Crippen molar-refractivity contribution in [3.05, 3.63) is 0 Å². The molecule has 2 heteroatoms. The van der Waals surface area contributed by atoms with Crippen LogP contribution in [0.5, 0.6) is 0 Å². The van der Waals surface area contributed by atoms with Crippen molar-refractivity contribution in [1.82, 2.24) is 0 Å². The second-order valence-corrected chi connectivity index (χ2v) is 4.34. The molecule has 0 aliphatic carbocycles. The minimum Gasteiger partial charge on any atom is -0.387 e. The number of methoxy groups -OCH3 is 1. The number of hydrogen-bond donors (Lipinski definition) is 1. The van der Waals surface area contributed by atoms with Crippen molar-refractivity contribution < 1.29 is 9.84 Å². The third kappa shape index (κ3) is 1.96. The monoisotopic (exact) mass is 202 g/mol. The van der Waals surface area contributed by atoms with Gasteiger partial charge < -0.3 is 9.84 Å². The highest BCUT2D eigenvalue weighted by atomic mass is 16.5. The van der Waals surface area contributed by atoms with E-state index in [-0.39, 0.29) is 0 Å². The fourth-order valence-electron chi connectivity index (χ4n) is 2.69. The Balaban J connectivity index is 5.14. The molecule has 2 nitrogen and oxygen atoms in total. The van der Waals surface area contributed by atoms with Crippen LogP contribution < -0.4 is 0 Å². The van der Waals surface area contributed by atoms with E-state index >= 15 is 0 Å². The zero-order valence-corrected chi connectivity index (χ0v) is 10.6. The molecule has 0 rings (SSSR count). The molecule has 1 unspecified atom stereocenters. The molecule has 0 bridgehead atoms. The van der Waals surface area contributed by atoms with Crippen molar-refractivity contribution in [1.29, 1.82) is 0 Å². The Morgan fingerprint density at radius 1 is 1.07 bits per heavy atom. The predicted octanol–water partition coefficient (Wildman–Crippen LogP) is 2.99. The van der Waals surface area contributed by atoms with Crippen LogP contribution in [0.2, 0.25) is 0 Å². The minimum absolute atomic E-state index is 0.322. The van der Waals surface area contributed by atoms with Crippen molar-refractivity contribution in [2.24, 2.45) is 5.92 Å². The maximum absolute atomic E-state index is 10.6. The lowest BCUT2D eigenvalue weighted by Gasteiger charge is -2.48. The highest BCUT2D eigenvalue weighted by Gasteiger charge is 2.49. The number of ether oxygens (including phenoxy) is 1. The molecule has 0 spiro atoms. The Bertz CT molecular complexity index is 156. The summed E-state index contributed by atoms with van der Waals surface area (Å²) in [6.45, 7) is 10.4. The van der Waals surface area contributed by atoms with Crippen molar-refractivity contribution >= 4 is 0 Å². The van der Waals surface area contributed by atoms with Gasteiger partial charge in [0.05, 0.1) is 11.2 Å². The Kier molecular flexibility index (Phi) is 5.10. The topological polar surface area (TPSA) is 29.5 Å². The van der Waals surface area contributed by atoms with Crippen LogP contribution in [0.15, 0.2) is 0 Å². The first-order valence-electron chi connectivity index (χ1n) is 5.71. The first-order chi connectivity index (χ1) is 6.44. The first-order valence-corrected chi connectivity index (χ1v) is 5.71. The van der Waals surface area contributed by atoms with Gasteiger partial charge in [0.15, 0.2) is 0 Å². The van der Waals surface area contributed by atoms with Crippen LogP contribution >= 0.6 is 0 Å². The Morgan fingerprint density at radius 2 is 1.50 bits per heavy atom. The van der Waals surface area contributed by atoms with Crippen molar-refractivity contribution in [3.8, 4) is 0 Å². The molecular weight excluding hydrogens is 176 g/mol. The van der Waals surface area contributed by atoms with Gasteiger partial charge in [-0.25, -0.2) is 0 Å². The van der Waals surface area contributed by atoms with E-state index in [1.807, 2.05) is 13.8 Å². The molecule has 0 aliphatic rings. The van der Waals surface area contributed by atoms with Gasteiger partial charge in [0.25, 0.3) is 0 Å². The van der Waals surface area contributed by atoms with Crippen molar-refractivity contribution in [3.63, 3.8) is 0 Å². The zero-order valence-electron chi connectivity index (χ0n) is 10.6. The number of aliphatic hydroxyl groups is 1. The highest BCUT2D eigenvalue weighted by Crippen LogP contribution is 2.40. The molecule has 0 radical (unpaired) electrons. The molecule has 0 aliphatic heterocycles. The third-order valence-electron chi connectivity index (χ3n) is 3.78. The smallest absolute Gasteiger partial charge is 0.0984 e. The molecule has 0 aromatic carbocycles. The van der Waals surface area contributed by atoms with Gasteiger partial charge in [-0.1, -0.05) is 34.6 Å². The van der Waals surface area contributed by atoms with E-state index in [4.69, 9.17) is 4.74 Å². The lowest BCUT2D eigenvalue weighted by Crippen LogP contribution is -2.57. The normalized spacial score (nSPS) is 17.1. The molecule has 0 aromatic rings. The molecule has 0 amide bonds. The summed E-state index contributed by atoms with van der Waals surface area (Å²) < 4.78 is 5.65. The molecule has 0 saturated heterocycles. The molecule has 1 N–H and O–H groups in total. The van der Waals surface area contributed by atoms with Crippen LogP contribution in [0, 0.1) is 5.92 Å². The van der Waals surface area contributed by atoms with E-state index in [1.165, 1.54) is 0 Å². The van der Waals surface area contributed by atoms with Crippen LogP contribution in [-0.4, -0.2) is 23.4 Å². The third-order valence-corrected chi connectivity index (χ3v) is 3.78. The van der Waals surface area contributed by atoms with Crippen LogP contribution in [0.3, 0.4) is 0 Å². The standard InChI is InChI=1S/C12H26O2/c1-7-11(13,8-2)12(9-3,14-6)10(4)5/h10,13H,7-9H2,1-6H3. The van der Waals surface area contributed by atoms with E-state index in [9.17, 15) is 5.11 Å². The summed E-state index contributed by atoms with van der Waals surface area (Å²) in [6.07, 6.45) is 2.33. The minimum atomic E-state index is -0.704. The average Bonchev–Trinajstić information content (AvgIpc) is 2.19. The fraction of sp³-hybridized carbons (Fsp3) is 1.00. The van der Waals surface area contributed by atoms with E-state index < -0.39 is 11.2 Å². The van der Waals surface area contributed by atoms with Crippen LogP contribution in [0.4, 0.5) is 0 Å². The van der Waals surface area contributed by atoms with E-state index in [0.717, 1.165) is 19.3 Å². The molecule has 14 heavy (non-hydrogen) atoms. The lowest BCUT2D eigenvalue weighted by atomic mass is 9.70. The van der Waals surface area contributed by atoms with Gasteiger partial charge in [-0.2, -0.15) is 0 Å². The summed E-state index contributed by atoms with van der Waals surface area (Å²) in [4.78, 5) is 0. The average molecular weight is 202 g/mol. The predicted molar refractivity (Wildman–Crippen MR) is 60.4 cm³/mol. The molecular formula is C12H26O2. The van der Waals surface area contributed by atoms with E-state index in [1.54, 1.807) is 7.11 Å². The second-order valence-electron chi connectivity index (χ2n) is 4.34.